The lowest BCUT2D eigenvalue weighted by Gasteiger charge is -2.19. The van der Waals surface area contributed by atoms with E-state index in [0.29, 0.717) is 23.8 Å². The molecule has 6 nitrogen and oxygen atoms in total. The Kier molecular flexibility index (Phi) is 4.92. The number of hydrogen-bond acceptors (Lipinski definition) is 6. The summed E-state index contributed by atoms with van der Waals surface area (Å²) in [7, 11) is 4.83. The highest BCUT2D eigenvalue weighted by atomic mass is 16.5. The lowest BCUT2D eigenvalue weighted by Crippen LogP contribution is -2.40. The summed E-state index contributed by atoms with van der Waals surface area (Å²) in [5.41, 5.74) is 0.986. The van der Waals surface area contributed by atoms with Crippen LogP contribution in [-0.2, 0) is 6.54 Å². The van der Waals surface area contributed by atoms with Crippen molar-refractivity contribution in [2.75, 3.05) is 34.4 Å². The Hall–Kier alpha value is -2.11. The maximum absolute atomic E-state index is 5.44. The molecule has 1 aromatic rings. The summed E-state index contributed by atoms with van der Waals surface area (Å²) >= 11 is 0. The standard InChI is InChI=1S/C14H21N3O3/c1-18-11-6-5-10(12(19-2)13(11)20-3)9-17-14-15-7-4-8-16-14/h5-6H,4,7-9H2,1-3H3,(H2,15,16,17). The highest BCUT2D eigenvalue weighted by Crippen LogP contribution is 2.39. The first kappa shape index (κ1) is 14.3. The first-order valence-electron chi connectivity index (χ1n) is 6.60. The van der Waals surface area contributed by atoms with Gasteiger partial charge in [-0.25, -0.2) is 0 Å². The van der Waals surface area contributed by atoms with E-state index in [1.54, 1.807) is 21.3 Å². The molecular weight excluding hydrogens is 258 g/mol. The number of rotatable bonds is 5. The van der Waals surface area contributed by atoms with Crippen LogP contribution in [-0.4, -0.2) is 40.4 Å². The van der Waals surface area contributed by atoms with Crippen molar-refractivity contribution in [3.05, 3.63) is 17.7 Å². The van der Waals surface area contributed by atoms with Gasteiger partial charge in [0.25, 0.3) is 0 Å². The van der Waals surface area contributed by atoms with Crippen molar-refractivity contribution in [1.29, 1.82) is 0 Å². The van der Waals surface area contributed by atoms with Crippen LogP contribution in [0.1, 0.15) is 12.0 Å². The van der Waals surface area contributed by atoms with Gasteiger partial charge in [-0.05, 0) is 18.6 Å². The molecule has 0 aliphatic carbocycles. The zero-order valence-corrected chi connectivity index (χ0v) is 12.2. The van der Waals surface area contributed by atoms with E-state index in [-0.39, 0.29) is 0 Å². The molecule has 0 saturated carbocycles. The molecule has 110 valence electrons. The van der Waals surface area contributed by atoms with E-state index in [9.17, 15) is 0 Å². The Morgan fingerprint density at radius 3 is 2.55 bits per heavy atom. The Morgan fingerprint density at radius 1 is 1.15 bits per heavy atom. The molecule has 1 heterocycles. The van der Waals surface area contributed by atoms with Gasteiger partial charge >= 0.3 is 0 Å². The third-order valence-electron chi connectivity index (χ3n) is 3.13. The number of methoxy groups -OCH3 is 3. The number of hydrogen-bond donors (Lipinski definition) is 2. The molecule has 1 aliphatic rings. The molecule has 0 aromatic heterocycles. The van der Waals surface area contributed by atoms with Crippen LogP contribution in [0.4, 0.5) is 0 Å². The molecule has 0 bridgehead atoms. The zero-order chi connectivity index (χ0) is 14.4. The predicted octanol–water partition coefficient (Wildman–Crippen LogP) is 1.15. The van der Waals surface area contributed by atoms with Gasteiger partial charge in [0.15, 0.2) is 17.5 Å². The number of aliphatic imine (C=N–C) groups is 1. The van der Waals surface area contributed by atoms with Gasteiger partial charge in [0.05, 0.1) is 21.3 Å². The van der Waals surface area contributed by atoms with Gasteiger partial charge < -0.3 is 24.8 Å². The van der Waals surface area contributed by atoms with Gasteiger partial charge in [-0.15, -0.1) is 0 Å². The van der Waals surface area contributed by atoms with E-state index in [0.717, 1.165) is 31.0 Å². The quantitative estimate of drug-likeness (QED) is 0.846. The largest absolute Gasteiger partial charge is 0.493 e. The van der Waals surface area contributed by atoms with Crippen LogP contribution in [0.15, 0.2) is 17.1 Å². The van der Waals surface area contributed by atoms with Crippen LogP contribution < -0.4 is 24.8 Å². The number of ether oxygens (including phenoxy) is 3. The molecule has 1 aliphatic heterocycles. The van der Waals surface area contributed by atoms with E-state index < -0.39 is 0 Å². The van der Waals surface area contributed by atoms with Crippen molar-refractivity contribution >= 4 is 5.96 Å². The summed E-state index contributed by atoms with van der Waals surface area (Å²) in [6, 6.07) is 3.82. The molecule has 0 spiro atoms. The van der Waals surface area contributed by atoms with Crippen molar-refractivity contribution in [2.24, 2.45) is 4.99 Å². The van der Waals surface area contributed by atoms with Crippen LogP contribution in [0.5, 0.6) is 17.2 Å². The number of nitrogens with one attached hydrogen (secondary N) is 2. The summed E-state index contributed by atoms with van der Waals surface area (Å²) in [6.45, 7) is 2.42. The van der Waals surface area contributed by atoms with Crippen molar-refractivity contribution in [2.45, 2.75) is 13.0 Å². The van der Waals surface area contributed by atoms with Crippen molar-refractivity contribution in [3.8, 4) is 17.2 Å². The van der Waals surface area contributed by atoms with Crippen molar-refractivity contribution < 1.29 is 14.2 Å². The van der Waals surface area contributed by atoms with Gasteiger partial charge in [-0.2, -0.15) is 0 Å². The van der Waals surface area contributed by atoms with Gasteiger partial charge in [0, 0.05) is 25.2 Å². The van der Waals surface area contributed by atoms with Crippen LogP contribution >= 0.6 is 0 Å². The highest BCUT2D eigenvalue weighted by molar-refractivity contribution is 5.80. The fraction of sp³-hybridized carbons (Fsp3) is 0.500. The number of benzene rings is 1. The molecule has 0 atom stereocenters. The second-order valence-electron chi connectivity index (χ2n) is 4.36. The zero-order valence-electron chi connectivity index (χ0n) is 12.2. The minimum Gasteiger partial charge on any atom is -0.493 e. The predicted molar refractivity (Wildman–Crippen MR) is 77.9 cm³/mol. The summed E-state index contributed by atoms with van der Waals surface area (Å²) in [5.74, 6) is 2.76. The molecule has 20 heavy (non-hydrogen) atoms. The molecule has 2 rings (SSSR count). The van der Waals surface area contributed by atoms with Gasteiger partial charge in [0.1, 0.15) is 0 Å². The van der Waals surface area contributed by atoms with E-state index in [1.807, 2.05) is 12.1 Å². The lowest BCUT2D eigenvalue weighted by molar-refractivity contribution is 0.322. The third-order valence-corrected chi connectivity index (χ3v) is 3.13. The molecule has 6 heteroatoms. The molecule has 0 saturated heterocycles. The minimum absolute atomic E-state index is 0.604. The highest BCUT2D eigenvalue weighted by Gasteiger charge is 2.16. The summed E-state index contributed by atoms with van der Waals surface area (Å²) in [6.07, 6.45) is 1.07. The monoisotopic (exact) mass is 279 g/mol. The van der Waals surface area contributed by atoms with Crippen LogP contribution in [0.3, 0.4) is 0 Å². The van der Waals surface area contributed by atoms with E-state index in [1.165, 1.54) is 0 Å². The van der Waals surface area contributed by atoms with Crippen LogP contribution in [0, 0.1) is 0 Å². The normalized spacial score (nSPS) is 14.1. The molecule has 0 amide bonds. The van der Waals surface area contributed by atoms with Crippen LogP contribution in [0.25, 0.3) is 0 Å². The molecule has 0 unspecified atom stereocenters. The van der Waals surface area contributed by atoms with Gasteiger partial charge in [-0.3, -0.25) is 4.99 Å². The average molecular weight is 279 g/mol. The second kappa shape index (κ2) is 6.88. The molecule has 2 N–H and O–H groups in total. The van der Waals surface area contributed by atoms with Crippen LogP contribution in [0.2, 0.25) is 0 Å². The topological polar surface area (TPSA) is 64.1 Å². The lowest BCUT2D eigenvalue weighted by atomic mass is 10.1. The second-order valence-corrected chi connectivity index (χ2v) is 4.36. The fourth-order valence-corrected chi connectivity index (χ4v) is 2.13. The van der Waals surface area contributed by atoms with E-state index in [4.69, 9.17) is 14.2 Å². The SMILES string of the molecule is COc1ccc(CNC2=NCCCN2)c(OC)c1OC. The molecule has 0 fully saturated rings. The molecular formula is C14H21N3O3. The Bertz CT molecular complexity index is 489. The number of nitrogens with zero attached hydrogens (tertiary/aromatic N) is 1. The Labute approximate surface area is 119 Å². The Morgan fingerprint density at radius 2 is 1.95 bits per heavy atom. The fourth-order valence-electron chi connectivity index (χ4n) is 2.13. The average Bonchev–Trinajstić information content (AvgIpc) is 2.52. The maximum Gasteiger partial charge on any atom is 0.203 e. The third kappa shape index (κ3) is 3.07. The molecule has 0 radical (unpaired) electrons. The summed E-state index contributed by atoms with van der Waals surface area (Å²) < 4.78 is 16.1. The molecule has 1 aromatic carbocycles. The summed E-state index contributed by atoms with van der Waals surface area (Å²) in [5, 5.41) is 6.48. The van der Waals surface area contributed by atoms with Gasteiger partial charge in [-0.1, -0.05) is 0 Å². The van der Waals surface area contributed by atoms with Crippen molar-refractivity contribution in [1.82, 2.24) is 10.6 Å². The smallest absolute Gasteiger partial charge is 0.203 e. The van der Waals surface area contributed by atoms with Gasteiger partial charge in [0.2, 0.25) is 5.75 Å². The summed E-state index contributed by atoms with van der Waals surface area (Å²) in [4.78, 5) is 4.37. The minimum atomic E-state index is 0.604. The van der Waals surface area contributed by atoms with E-state index >= 15 is 0 Å². The first-order valence-corrected chi connectivity index (χ1v) is 6.60. The Balaban J connectivity index is 2.16. The number of guanidine groups is 1. The van der Waals surface area contributed by atoms with E-state index in [2.05, 4.69) is 15.6 Å². The first-order chi connectivity index (χ1) is 9.80. The maximum atomic E-state index is 5.44. The van der Waals surface area contributed by atoms with Crippen molar-refractivity contribution in [3.63, 3.8) is 0 Å².